The van der Waals surface area contributed by atoms with Crippen LogP contribution in [0.15, 0.2) is 12.4 Å². The molecule has 0 spiro atoms. The van der Waals surface area contributed by atoms with E-state index in [2.05, 4.69) is 27.6 Å². The summed E-state index contributed by atoms with van der Waals surface area (Å²) in [4.78, 5) is 13.6. The van der Waals surface area contributed by atoms with Crippen LogP contribution in [0.25, 0.3) is 0 Å². The number of anilines is 1. The Hall–Kier alpha value is -1.56. The Labute approximate surface area is 102 Å². The van der Waals surface area contributed by atoms with Crippen LogP contribution in [-0.4, -0.2) is 47.4 Å². The van der Waals surface area contributed by atoms with E-state index in [0.29, 0.717) is 18.3 Å². The van der Waals surface area contributed by atoms with Gasteiger partial charge in [0.05, 0.1) is 11.9 Å². The summed E-state index contributed by atoms with van der Waals surface area (Å²) in [5.41, 5.74) is 0.710. The van der Waals surface area contributed by atoms with E-state index in [-0.39, 0.29) is 6.03 Å². The Morgan fingerprint density at radius 2 is 2.29 bits per heavy atom. The molecule has 6 nitrogen and oxygen atoms in total. The van der Waals surface area contributed by atoms with Gasteiger partial charge in [0.2, 0.25) is 0 Å². The minimum absolute atomic E-state index is 0.200. The predicted octanol–water partition coefficient (Wildman–Crippen LogP) is 0.975. The van der Waals surface area contributed by atoms with Gasteiger partial charge in [-0.2, -0.15) is 5.10 Å². The fraction of sp³-hybridized carbons (Fsp3) is 0.636. The second kappa shape index (κ2) is 6.24. The zero-order valence-corrected chi connectivity index (χ0v) is 10.9. The van der Waals surface area contributed by atoms with Gasteiger partial charge in [0.1, 0.15) is 0 Å². The first-order valence-electron chi connectivity index (χ1n) is 5.76. The van der Waals surface area contributed by atoms with Crippen LogP contribution in [0, 0.1) is 0 Å². The van der Waals surface area contributed by atoms with E-state index in [4.69, 9.17) is 0 Å². The molecule has 0 aliphatic rings. The highest BCUT2D eigenvalue weighted by Gasteiger charge is 2.07. The lowest BCUT2D eigenvalue weighted by Gasteiger charge is -2.19. The van der Waals surface area contributed by atoms with Crippen molar-refractivity contribution in [3.05, 3.63) is 12.4 Å². The van der Waals surface area contributed by atoms with E-state index >= 15 is 0 Å². The average molecular weight is 239 g/mol. The maximum atomic E-state index is 11.6. The van der Waals surface area contributed by atoms with Crippen LogP contribution in [0.1, 0.15) is 13.8 Å². The molecular formula is C11H21N5O. The third-order valence-electron chi connectivity index (χ3n) is 2.65. The van der Waals surface area contributed by atoms with E-state index < -0.39 is 0 Å². The zero-order valence-electron chi connectivity index (χ0n) is 10.9. The van der Waals surface area contributed by atoms with Crippen molar-refractivity contribution >= 4 is 11.7 Å². The minimum Gasteiger partial charge on any atom is -0.336 e. The van der Waals surface area contributed by atoms with Crippen LogP contribution in [0.4, 0.5) is 10.5 Å². The summed E-state index contributed by atoms with van der Waals surface area (Å²) in [5.74, 6) is 0. The van der Waals surface area contributed by atoms with Crippen molar-refractivity contribution in [3.63, 3.8) is 0 Å². The number of hydrogen-bond acceptors (Lipinski definition) is 3. The molecule has 0 saturated carbocycles. The molecule has 6 heteroatoms. The van der Waals surface area contributed by atoms with Crippen molar-refractivity contribution in [1.29, 1.82) is 0 Å². The van der Waals surface area contributed by atoms with Gasteiger partial charge < -0.3 is 15.5 Å². The van der Waals surface area contributed by atoms with Gasteiger partial charge in [-0.3, -0.25) is 4.68 Å². The number of urea groups is 1. The lowest BCUT2D eigenvalue weighted by atomic mass is 10.3. The summed E-state index contributed by atoms with van der Waals surface area (Å²) >= 11 is 0. The lowest BCUT2D eigenvalue weighted by molar-refractivity contribution is 0.245. The summed E-state index contributed by atoms with van der Waals surface area (Å²) in [6.07, 6.45) is 3.44. The molecule has 0 bridgehead atoms. The monoisotopic (exact) mass is 239 g/mol. The average Bonchev–Trinajstić information content (AvgIpc) is 2.73. The SMILES string of the molecule is CCn1cc(NC(=O)NC[C@@H](C)N(C)C)cn1. The minimum atomic E-state index is -0.200. The normalized spacial score (nSPS) is 12.5. The van der Waals surface area contributed by atoms with E-state index in [9.17, 15) is 4.79 Å². The van der Waals surface area contributed by atoms with Gasteiger partial charge in [0.25, 0.3) is 0 Å². The van der Waals surface area contributed by atoms with E-state index in [1.54, 1.807) is 17.1 Å². The summed E-state index contributed by atoms with van der Waals surface area (Å²) in [6.45, 7) is 5.45. The number of aryl methyl sites for hydroxylation is 1. The molecule has 0 aromatic carbocycles. The van der Waals surface area contributed by atoms with Crippen LogP contribution in [-0.2, 0) is 6.54 Å². The molecule has 1 heterocycles. The largest absolute Gasteiger partial charge is 0.336 e. The molecule has 1 rings (SSSR count). The third-order valence-corrected chi connectivity index (χ3v) is 2.65. The van der Waals surface area contributed by atoms with Gasteiger partial charge in [-0.25, -0.2) is 4.79 Å². The van der Waals surface area contributed by atoms with Crippen molar-refractivity contribution in [2.24, 2.45) is 0 Å². The van der Waals surface area contributed by atoms with Crippen molar-refractivity contribution in [2.45, 2.75) is 26.4 Å². The fourth-order valence-electron chi connectivity index (χ4n) is 1.20. The molecular weight excluding hydrogens is 218 g/mol. The predicted molar refractivity (Wildman–Crippen MR) is 68.1 cm³/mol. The molecule has 1 atom stereocenters. The quantitative estimate of drug-likeness (QED) is 0.805. The van der Waals surface area contributed by atoms with Crippen molar-refractivity contribution in [2.75, 3.05) is 26.0 Å². The molecule has 0 aliphatic carbocycles. The number of carbonyl (C=O) groups is 1. The van der Waals surface area contributed by atoms with Crippen LogP contribution in [0.3, 0.4) is 0 Å². The Balaban J connectivity index is 2.34. The summed E-state index contributed by atoms with van der Waals surface area (Å²) in [7, 11) is 3.96. The highest BCUT2D eigenvalue weighted by atomic mass is 16.2. The number of amides is 2. The number of hydrogen-bond donors (Lipinski definition) is 2. The first kappa shape index (κ1) is 13.5. The summed E-state index contributed by atoms with van der Waals surface area (Å²) in [5, 5.41) is 9.63. The molecule has 0 unspecified atom stereocenters. The van der Waals surface area contributed by atoms with Gasteiger partial charge in [-0.05, 0) is 27.9 Å². The van der Waals surface area contributed by atoms with Crippen molar-refractivity contribution in [3.8, 4) is 0 Å². The lowest BCUT2D eigenvalue weighted by Crippen LogP contribution is -2.40. The molecule has 1 aromatic heterocycles. The molecule has 0 aliphatic heterocycles. The van der Waals surface area contributed by atoms with Crippen LogP contribution in [0.5, 0.6) is 0 Å². The Morgan fingerprint density at radius 1 is 1.59 bits per heavy atom. The summed E-state index contributed by atoms with van der Waals surface area (Å²) < 4.78 is 1.76. The van der Waals surface area contributed by atoms with Crippen LogP contribution in [0.2, 0.25) is 0 Å². The molecule has 0 fully saturated rings. The molecule has 17 heavy (non-hydrogen) atoms. The second-order valence-corrected chi connectivity index (χ2v) is 4.23. The summed E-state index contributed by atoms with van der Waals surface area (Å²) in [6, 6.07) is 0.105. The standard InChI is InChI=1S/C11H21N5O/c1-5-16-8-10(7-13-16)14-11(17)12-6-9(2)15(3)4/h7-9H,5-6H2,1-4H3,(H2,12,14,17)/t9-/m1/s1. The smallest absolute Gasteiger partial charge is 0.319 e. The Kier molecular flexibility index (Phi) is 4.96. The van der Waals surface area contributed by atoms with Crippen molar-refractivity contribution < 1.29 is 4.79 Å². The Morgan fingerprint density at radius 3 is 2.82 bits per heavy atom. The number of nitrogens with one attached hydrogen (secondary N) is 2. The van der Waals surface area contributed by atoms with Crippen LogP contribution >= 0.6 is 0 Å². The third kappa shape index (κ3) is 4.44. The molecule has 2 N–H and O–H groups in total. The first-order chi connectivity index (χ1) is 8.02. The maximum Gasteiger partial charge on any atom is 0.319 e. The first-order valence-corrected chi connectivity index (χ1v) is 5.76. The second-order valence-electron chi connectivity index (χ2n) is 4.23. The van der Waals surface area contributed by atoms with Gasteiger partial charge in [0, 0.05) is 25.3 Å². The van der Waals surface area contributed by atoms with Gasteiger partial charge >= 0.3 is 6.03 Å². The molecule has 1 aromatic rings. The number of carbonyl (C=O) groups excluding carboxylic acids is 1. The van der Waals surface area contributed by atoms with E-state index in [1.165, 1.54) is 0 Å². The molecule has 2 amide bonds. The number of likely N-dealkylation sites (N-methyl/N-ethyl adjacent to an activating group) is 1. The molecule has 96 valence electrons. The topological polar surface area (TPSA) is 62.2 Å². The highest BCUT2D eigenvalue weighted by Crippen LogP contribution is 2.03. The van der Waals surface area contributed by atoms with Crippen molar-refractivity contribution in [1.82, 2.24) is 20.0 Å². The van der Waals surface area contributed by atoms with Gasteiger partial charge in [0.15, 0.2) is 0 Å². The molecule has 0 radical (unpaired) electrons. The van der Waals surface area contributed by atoms with E-state index in [0.717, 1.165) is 6.54 Å². The Bertz CT molecular complexity index is 360. The van der Waals surface area contributed by atoms with Crippen LogP contribution < -0.4 is 10.6 Å². The molecule has 0 saturated heterocycles. The zero-order chi connectivity index (χ0) is 12.8. The fourth-order valence-corrected chi connectivity index (χ4v) is 1.20. The maximum absolute atomic E-state index is 11.6. The van der Waals surface area contributed by atoms with E-state index in [1.807, 2.05) is 21.0 Å². The number of nitrogens with zero attached hydrogens (tertiary/aromatic N) is 3. The number of rotatable bonds is 5. The van der Waals surface area contributed by atoms with Gasteiger partial charge in [-0.15, -0.1) is 0 Å². The number of aromatic nitrogens is 2. The highest BCUT2D eigenvalue weighted by molar-refractivity contribution is 5.88. The van der Waals surface area contributed by atoms with Gasteiger partial charge in [-0.1, -0.05) is 0 Å².